The Morgan fingerprint density at radius 3 is 2.15 bits per heavy atom. The number of amides is 2. The number of likely N-dealkylation sites (tertiary alicyclic amines) is 1. The Morgan fingerprint density at radius 1 is 0.951 bits per heavy atom. The number of nitrogens with one attached hydrogen (secondary N) is 2. The number of sulfonamides is 1. The first-order valence-electron chi connectivity index (χ1n) is 14.9. The molecule has 1 heterocycles. The van der Waals surface area contributed by atoms with Gasteiger partial charge in [-0.25, -0.2) is 13.2 Å². The molecule has 10 heteroatoms. The predicted octanol–water partition coefficient (Wildman–Crippen LogP) is 6.63. The van der Waals surface area contributed by atoms with E-state index in [1.165, 1.54) is 24.8 Å². The Kier molecular flexibility index (Phi) is 13.1. The molecule has 0 bridgehead atoms. The summed E-state index contributed by atoms with van der Waals surface area (Å²) in [5.74, 6) is 1.92. The molecule has 41 heavy (non-hydrogen) atoms. The van der Waals surface area contributed by atoms with Gasteiger partial charge in [0.05, 0.1) is 6.26 Å². The van der Waals surface area contributed by atoms with E-state index in [0.29, 0.717) is 23.4 Å². The highest BCUT2D eigenvalue weighted by molar-refractivity contribution is 7.92. The first-order chi connectivity index (χ1) is 19.3. The van der Waals surface area contributed by atoms with Crippen molar-refractivity contribution in [3.8, 4) is 11.5 Å². The largest absolute Gasteiger partial charge is 0.457 e. The van der Waals surface area contributed by atoms with E-state index in [-0.39, 0.29) is 18.4 Å². The fraction of sp³-hybridized carbons (Fsp3) is 0.581. The number of urea groups is 1. The molecule has 1 saturated carbocycles. The van der Waals surface area contributed by atoms with Crippen molar-refractivity contribution in [3.05, 3.63) is 54.1 Å². The second-order valence-corrected chi connectivity index (χ2v) is 13.1. The van der Waals surface area contributed by atoms with Crippen LogP contribution in [0, 0.1) is 5.92 Å². The number of hydrogen-bond acceptors (Lipinski definition) is 5. The lowest BCUT2D eigenvalue weighted by Gasteiger charge is -2.36. The van der Waals surface area contributed by atoms with Gasteiger partial charge in [0.2, 0.25) is 10.0 Å². The molecule has 2 fully saturated rings. The SMILES string of the molecule is CCCCN(C(=O)NCC1CCN(Cc2ccc(Oc3ccc(NS(C)(=O)=O)cc3)cc2)CC1)C1CCCCC1.Cl. The molecule has 1 aliphatic carbocycles. The smallest absolute Gasteiger partial charge is 0.317 e. The average molecular weight is 607 g/mol. The Morgan fingerprint density at radius 2 is 1.56 bits per heavy atom. The van der Waals surface area contributed by atoms with Crippen molar-refractivity contribution in [1.29, 1.82) is 0 Å². The Labute approximate surface area is 252 Å². The van der Waals surface area contributed by atoms with Crippen LogP contribution in [-0.2, 0) is 16.6 Å². The fourth-order valence-corrected chi connectivity index (χ4v) is 6.28. The molecule has 2 aliphatic rings. The summed E-state index contributed by atoms with van der Waals surface area (Å²) in [6.07, 6.45) is 11.6. The van der Waals surface area contributed by atoms with Gasteiger partial charge < -0.3 is 15.0 Å². The summed E-state index contributed by atoms with van der Waals surface area (Å²) >= 11 is 0. The molecule has 0 spiro atoms. The Hall–Kier alpha value is -2.49. The summed E-state index contributed by atoms with van der Waals surface area (Å²) in [4.78, 5) is 17.7. The summed E-state index contributed by atoms with van der Waals surface area (Å²) in [5.41, 5.74) is 1.75. The number of anilines is 1. The lowest BCUT2D eigenvalue weighted by molar-refractivity contribution is 0.146. The highest BCUT2D eigenvalue weighted by Gasteiger charge is 2.26. The molecule has 2 aromatic carbocycles. The zero-order chi connectivity index (χ0) is 28.4. The van der Waals surface area contributed by atoms with Crippen LogP contribution in [-0.4, -0.2) is 62.7 Å². The van der Waals surface area contributed by atoms with E-state index in [9.17, 15) is 13.2 Å². The number of benzene rings is 2. The van der Waals surface area contributed by atoms with Crippen molar-refractivity contribution < 1.29 is 17.9 Å². The van der Waals surface area contributed by atoms with Crippen molar-refractivity contribution >= 4 is 34.1 Å². The van der Waals surface area contributed by atoms with Gasteiger partial charge in [0.25, 0.3) is 0 Å². The third-order valence-corrected chi connectivity index (χ3v) is 8.61. The quantitative estimate of drug-likeness (QED) is 0.283. The fourth-order valence-electron chi connectivity index (χ4n) is 5.72. The molecule has 1 aliphatic heterocycles. The third-order valence-electron chi connectivity index (χ3n) is 8.00. The topological polar surface area (TPSA) is 91.0 Å². The van der Waals surface area contributed by atoms with Gasteiger partial charge in [0.15, 0.2) is 0 Å². The van der Waals surface area contributed by atoms with Crippen molar-refractivity contribution in [3.63, 3.8) is 0 Å². The average Bonchev–Trinajstić information content (AvgIpc) is 2.95. The minimum absolute atomic E-state index is 0. The van der Waals surface area contributed by atoms with Crippen molar-refractivity contribution in [1.82, 2.24) is 15.1 Å². The van der Waals surface area contributed by atoms with Crippen molar-refractivity contribution in [2.75, 3.05) is 37.2 Å². The van der Waals surface area contributed by atoms with Gasteiger partial charge >= 0.3 is 6.03 Å². The van der Waals surface area contributed by atoms with Gasteiger partial charge in [-0.1, -0.05) is 44.7 Å². The summed E-state index contributed by atoms with van der Waals surface area (Å²) in [7, 11) is -3.30. The first-order valence-corrected chi connectivity index (χ1v) is 16.8. The molecule has 0 radical (unpaired) electrons. The normalized spacial score (nSPS) is 16.9. The number of carbonyl (C=O) groups excluding carboxylic acids is 1. The van der Waals surface area contributed by atoms with Gasteiger partial charge in [0, 0.05) is 31.4 Å². The Bertz CT molecular complexity index is 1160. The second kappa shape index (κ2) is 16.2. The molecular formula is C31H47ClN4O4S. The molecule has 228 valence electrons. The van der Waals surface area contributed by atoms with Gasteiger partial charge in [-0.3, -0.25) is 9.62 Å². The van der Waals surface area contributed by atoms with E-state index in [1.54, 1.807) is 24.3 Å². The van der Waals surface area contributed by atoms with E-state index in [2.05, 4.69) is 38.9 Å². The minimum Gasteiger partial charge on any atom is -0.457 e. The van der Waals surface area contributed by atoms with Gasteiger partial charge in [-0.15, -0.1) is 12.4 Å². The van der Waals surface area contributed by atoms with E-state index in [0.717, 1.165) is 83.3 Å². The molecule has 0 aromatic heterocycles. The van der Waals surface area contributed by atoms with Crippen LogP contribution >= 0.6 is 12.4 Å². The number of carbonyl (C=O) groups is 1. The van der Waals surface area contributed by atoms with E-state index >= 15 is 0 Å². The number of rotatable bonds is 12. The molecule has 0 unspecified atom stereocenters. The monoisotopic (exact) mass is 606 g/mol. The van der Waals surface area contributed by atoms with Crippen molar-refractivity contribution in [2.45, 2.75) is 77.3 Å². The van der Waals surface area contributed by atoms with E-state index < -0.39 is 10.0 Å². The van der Waals surface area contributed by atoms with Crippen LogP contribution in [0.4, 0.5) is 10.5 Å². The number of piperidine rings is 1. The van der Waals surface area contributed by atoms with Crippen molar-refractivity contribution in [2.24, 2.45) is 5.92 Å². The molecule has 2 amide bonds. The summed E-state index contributed by atoms with van der Waals surface area (Å²) < 4.78 is 31.1. The Balaban J connectivity index is 0.00000462. The zero-order valence-electron chi connectivity index (χ0n) is 24.5. The maximum Gasteiger partial charge on any atom is 0.317 e. The van der Waals surface area contributed by atoms with Gasteiger partial charge in [0.1, 0.15) is 11.5 Å². The lowest BCUT2D eigenvalue weighted by atomic mass is 9.94. The van der Waals surface area contributed by atoms with Crippen LogP contribution in [0.5, 0.6) is 11.5 Å². The standard InChI is InChI=1S/C31H46N4O4S.ClH/c1-3-4-20-35(28-8-6-5-7-9-28)31(36)32-23-25-18-21-34(22-19-25)24-26-10-14-29(15-11-26)39-30-16-12-27(13-17-30)33-40(2,37)38;/h10-17,25,28,33H,3-9,18-24H2,1-2H3,(H,32,36);1H. The van der Waals surface area contributed by atoms with Gasteiger partial charge in [-0.05, 0) is 93.1 Å². The number of unbranched alkanes of at least 4 members (excludes halogenated alkanes) is 1. The summed E-state index contributed by atoms with van der Waals surface area (Å²) in [6.45, 7) is 6.82. The summed E-state index contributed by atoms with van der Waals surface area (Å²) in [5, 5.41) is 3.29. The predicted molar refractivity (Wildman–Crippen MR) is 169 cm³/mol. The highest BCUT2D eigenvalue weighted by Crippen LogP contribution is 2.26. The molecule has 4 rings (SSSR count). The molecule has 2 N–H and O–H groups in total. The maximum absolute atomic E-state index is 13.1. The van der Waals surface area contributed by atoms with Crippen LogP contribution in [0.2, 0.25) is 0 Å². The van der Waals surface area contributed by atoms with E-state index in [4.69, 9.17) is 4.74 Å². The third kappa shape index (κ3) is 11.0. The number of ether oxygens (including phenoxy) is 1. The number of halogens is 1. The molecule has 2 aromatic rings. The number of nitrogens with zero attached hydrogens (tertiary/aromatic N) is 2. The van der Waals surface area contributed by atoms with Crippen LogP contribution < -0.4 is 14.8 Å². The molecular weight excluding hydrogens is 560 g/mol. The molecule has 1 saturated heterocycles. The first kappa shape index (κ1) is 33.0. The lowest BCUT2D eigenvalue weighted by Crippen LogP contribution is -2.49. The van der Waals surface area contributed by atoms with E-state index in [1.807, 2.05) is 12.1 Å². The maximum atomic E-state index is 13.1. The summed E-state index contributed by atoms with van der Waals surface area (Å²) in [6, 6.07) is 15.5. The van der Waals surface area contributed by atoms with Crippen LogP contribution in [0.25, 0.3) is 0 Å². The van der Waals surface area contributed by atoms with Crippen LogP contribution in [0.3, 0.4) is 0 Å². The van der Waals surface area contributed by atoms with Crippen LogP contribution in [0.15, 0.2) is 48.5 Å². The van der Waals surface area contributed by atoms with Crippen LogP contribution in [0.1, 0.15) is 70.3 Å². The van der Waals surface area contributed by atoms with Gasteiger partial charge in [-0.2, -0.15) is 0 Å². The molecule has 0 atom stereocenters. The minimum atomic E-state index is -3.30. The number of hydrogen-bond donors (Lipinski definition) is 2. The molecule has 8 nitrogen and oxygen atoms in total. The zero-order valence-corrected chi connectivity index (χ0v) is 26.1. The highest BCUT2D eigenvalue weighted by atomic mass is 35.5. The second-order valence-electron chi connectivity index (χ2n) is 11.4.